The molecule has 0 aliphatic rings. The van der Waals surface area contributed by atoms with Crippen LogP contribution >= 0.6 is 23.1 Å². The average molecular weight is 320 g/mol. The van der Waals surface area contributed by atoms with Crippen LogP contribution in [0.4, 0.5) is 4.39 Å². The molecule has 0 spiro atoms. The van der Waals surface area contributed by atoms with E-state index in [2.05, 4.69) is 18.8 Å². The van der Waals surface area contributed by atoms with Gasteiger partial charge in [-0.3, -0.25) is 4.79 Å². The second-order valence-corrected chi connectivity index (χ2v) is 7.74. The average Bonchev–Trinajstić information content (AvgIpc) is 2.91. The Bertz CT molecular complexity index is 841. The molecule has 2 heterocycles. The van der Waals surface area contributed by atoms with Crippen LogP contribution in [0, 0.1) is 5.82 Å². The maximum Gasteiger partial charge on any atom is 0.213 e. The van der Waals surface area contributed by atoms with Gasteiger partial charge in [0, 0.05) is 27.7 Å². The normalized spacial score (nSPS) is 11.4. The zero-order valence-electron chi connectivity index (χ0n) is 11.5. The number of fused-ring (bicyclic) bond motifs is 1. The van der Waals surface area contributed by atoms with Gasteiger partial charge >= 0.3 is 0 Å². The molecule has 0 atom stereocenters. The molecule has 0 amide bonds. The summed E-state index contributed by atoms with van der Waals surface area (Å²) in [6.07, 6.45) is 5.01. The molecule has 0 aliphatic carbocycles. The Kier molecular flexibility index (Phi) is 3.82. The lowest BCUT2D eigenvalue weighted by Gasteiger charge is -2.12. The smallest absolute Gasteiger partial charge is 0.213 e. The van der Waals surface area contributed by atoms with Crippen molar-refractivity contribution < 1.29 is 4.39 Å². The van der Waals surface area contributed by atoms with Crippen LogP contribution in [0.3, 0.4) is 0 Å². The summed E-state index contributed by atoms with van der Waals surface area (Å²) in [6.45, 7) is 4.13. The standard InChI is InChI=1S/C15H13FN2OS2/c1-9(2)20-15-13(18-6-5-17-8-18)14(19)11-4-3-10(16)7-12(11)21-15/h3-9H,1-2H3. The fourth-order valence-corrected chi connectivity index (χ4v) is 4.76. The van der Waals surface area contributed by atoms with Gasteiger partial charge < -0.3 is 4.57 Å². The molecule has 6 heteroatoms. The minimum atomic E-state index is -0.325. The Morgan fingerprint density at radius 2 is 2.19 bits per heavy atom. The number of thioether (sulfide) groups is 1. The van der Waals surface area contributed by atoms with Gasteiger partial charge in [0.25, 0.3) is 0 Å². The van der Waals surface area contributed by atoms with E-state index >= 15 is 0 Å². The third kappa shape index (κ3) is 2.73. The topological polar surface area (TPSA) is 34.9 Å². The molecule has 0 saturated carbocycles. The number of aromatic nitrogens is 2. The first-order valence-corrected chi connectivity index (χ1v) is 8.17. The van der Waals surface area contributed by atoms with Crippen molar-refractivity contribution in [2.24, 2.45) is 0 Å². The first-order chi connectivity index (χ1) is 10.1. The van der Waals surface area contributed by atoms with Gasteiger partial charge in [-0.05, 0) is 18.2 Å². The van der Waals surface area contributed by atoms with Crippen LogP contribution in [0.5, 0.6) is 0 Å². The number of hydrogen-bond donors (Lipinski definition) is 0. The monoisotopic (exact) mass is 320 g/mol. The van der Waals surface area contributed by atoms with Gasteiger partial charge in [-0.2, -0.15) is 0 Å². The Labute approximate surface area is 129 Å². The van der Waals surface area contributed by atoms with Crippen molar-refractivity contribution in [3.05, 3.63) is 53.0 Å². The number of imidazole rings is 1. The molecule has 0 aliphatic heterocycles. The highest BCUT2D eigenvalue weighted by Gasteiger charge is 2.16. The highest BCUT2D eigenvalue weighted by molar-refractivity contribution is 8.01. The summed E-state index contributed by atoms with van der Waals surface area (Å²) in [5.41, 5.74) is 0.500. The summed E-state index contributed by atoms with van der Waals surface area (Å²) in [6, 6.07) is 4.29. The van der Waals surface area contributed by atoms with Crippen LogP contribution in [0.25, 0.3) is 15.8 Å². The second kappa shape index (κ2) is 5.61. The Balaban J connectivity index is 2.35. The molecule has 0 N–H and O–H groups in total. The van der Waals surface area contributed by atoms with Crippen molar-refractivity contribution in [2.75, 3.05) is 0 Å². The van der Waals surface area contributed by atoms with Gasteiger partial charge in [0.15, 0.2) is 0 Å². The molecule has 0 fully saturated rings. The van der Waals surface area contributed by atoms with Crippen LogP contribution in [-0.4, -0.2) is 14.8 Å². The summed E-state index contributed by atoms with van der Waals surface area (Å²) in [5.74, 6) is -0.325. The number of rotatable bonds is 3. The lowest BCUT2D eigenvalue weighted by molar-refractivity contribution is 0.630. The van der Waals surface area contributed by atoms with E-state index < -0.39 is 0 Å². The van der Waals surface area contributed by atoms with E-state index in [0.29, 0.717) is 21.0 Å². The summed E-state index contributed by atoms with van der Waals surface area (Å²) in [7, 11) is 0. The molecular weight excluding hydrogens is 307 g/mol. The van der Waals surface area contributed by atoms with Gasteiger partial charge in [0.05, 0.1) is 10.5 Å². The van der Waals surface area contributed by atoms with Crippen LogP contribution in [0.1, 0.15) is 13.8 Å². The molecule has 108 valence electrons. The fourth-order valence-electron chi connectivity index (χ4n) is 2.04. The fraction of sp³-hybridized carbons (Fsp3) is 0.200. The SMILES string of the molecule is CC(C)Sc1sc2cc(F)ccc2c(=O)c1-n1ccnc1. The molecular formula is C15H13FN2OS2. The van der Waals surface area contributed by atoms with E-state index in [0.717, 1.165) is 4.21 Å². The number of nitrogens with zero attached hydrogens (tertiary/aromatic N) is 2. The predicted octanol–water partition coefficient (Wildman–Crippen LogP) is 4.09. The lowest BCUT2D eigenvalue weighted by Crippen LogP contribution is -2.12. The lowest BCUT2D eigenvalue weighted by atomic mass is 10.2. The number of benzene rings is 1. The number of hydrogen-bond acceptors (Lipinski definition) is 4. The van der Waals surface area contributed by atoms with Crippen molar-refractivity contribution >= 4 is 33.2 Å². The molecule has 0 saturated heterocycles. The molecule has 3 aromatic rings. The van der Waals surface area contributed by atoms with Crippen LogP contribution in [-0.2, 0) is 0 Å². The second-order valence-electron chi connectivity index (χ2n) is 4.84. The van der Waals surface area contributed by atoms with Crippen LogP contribution < -0.4 is 5.43 Å². The van der Waals surface area contributed by atoms with Crippen molar-refractivity contribution in [3.8, 4) is 5.69 Å². The Hall–Kier alpha value is -1.66. The summed E-state index contributed by atoms with van der Waals surface area (Å²) >= 11 is 3.05. The molecule has 3 nitrogen and oxygen atoms in total. The number of halogens is 1. The zero-order chi connectivity index (χ0) is 15.0. The van der Waals surface area contributed by atoms with Gasteiger partial charge in [0.2, 0.25) is 5.43 Å². The summed E-state index contributed by atoms with van der Waals surface area (Å²) in [4.78, 5) is 16.8. The van der Waals surface area contributed by atoms with Gasteiger partial charge in [0.1, 0.15) is 11.5 Å². The van der Waals surface area contributed by atoms with E-state index in [-0.39, 0.29) is 11.2 Å². The summed E-state index contributed by atoms with van der Waals surface area (Å²) < 4.78 is 16.7. The largest absolute Gasteiger partial charge is 0.301 e. The van der Waals surface area contributed by atoms with Crippen molar-refractivity contribution in [1.82, 2.24) is 9.55 Å². The highest BCUT2D eigenvalue weighted by Crippen LogP contribution is 2.35. The molecule has 3 rings (SSSR count). The third-order valence-corrected chi connectivity index (χ3v) is 5.26. The predicted molar refractivity (Wildman–Crippen MR) is 86.2 cm³/mol. The van der Waals surface area contributed by atoms with Crippen molar-refractivity contribution in [3.63, 3.8) is 0 Å². The maximum atomic E-state index is 13.4. The quantitative estimate of drug-likeness (QED) is 0.682. The van der Waals surface area contributed by atoms with Gasteiger partial charge in [-0.25, -0.2) is 9.37 Å². The minimum Gasteiger partial charge on any atom is -0.301 e. The first-order valence-electron chi connectivity index (χ1n) is 6.47. The van der Waals surface area contributed by atoms with Gasteiger partial charge in [-0.15, -0.1) is 23.1 Å². The first kappa shape index (κ1) is 14.3. The Morgan fingerprint density at radius 1 is 1.38 bits per heavy atom. The van der Waals surface area contributed by atoms with Crippen molar-refractivity contribution in [2.45, 2.75) is 23.3 Å². The Morgan fingerprint density at radius 3 is 2.86 bits per heavy atom. The van der Waals surface area contributed by atoms with E-state index in [4.69, 9.17) is 0 Å². The van der Waals surface area contributed by atoms with Gasteiger partial charge in [-0.1, -0.05) is 13.8 Å². The van der Waals surface area contributed by atoms with E-state index in [1.807, 2.05) is 0 Å². The molecule has 2 aromatic heterocycles. The minimum absolute atomic E-state index is 0.0927. The molecule has 21 heavy (non-hydrogen) atoms. The highest BCUT2D eigenvalue weighted by atomic mass is 32.2. The zero-order valence-corrected chi connectivity index (χ0v) is 13.2. The van der Waals surface area contributed by atoms with E-state index in [9.17, 15) is 9.18 Å². The maximum absolute atomic E-state index is 13.4. The molecule has 0 radical (unpaired) electrons. The van der Waals surface area contributed by atoms with Crippen molar-refractivity contribution in [1.29, 1.82) is 0 Å². The molecule has 0 bridgehead atoms. The third-order valence-electron chi connectivity index (χ3n) is 2.90. The van der Waals surface area contributed by atoms with E-state index in [1.165, 1.54) is 23.5 Å². The molecule has 1 aromatic carbocycles. The summed E-state index contributed by atoms with van der Waals surface area (Å²) in [5, 5.41) is 0.868. The molecule has 0 unspecified atom stereocenters. The van der Waals surface area contributed by atoms with Crippen LogP contribution in [0.15, 0.2) is 45.9 Å². The van der Waals surface area contributed by atoms with Crippen LogP contribution in [0.2, 0.25) is 0 Å². The van der Waals surface area contributed by atoms with E-state index in [1.54, 1.807) is 41.1 Å².